The summed E-state index contributed by atoms with van der Waals surface area (Å²) in [6, 6.07) is 13.7. The molecule has 0 heterocycles. The highest BCUT2D eigenvalue weighted by atomic mass is 19.1. The van der Waals surface area contributed by atoms with Crippen molar-refractivity contribution < 1.29 is 9.13 Å². The zero-order valence-electron chi connectivity index (χ0n) is 10.1. The third kappa shape index (κ3) is 2.99. The van der Waals surface area contributed by atoms with Crippen LogP contribution in [0.3, 0.4) is 0 Å². The highest BCUT2D eigenvalue weighted by molar-refractivity contribution is 5.45. The number of anilines is 1. The quantitative estimate of drug-likeness (QED) is 0.666. The summed E-state index contributed by atoms with van der Waals surface area (Å²) in [5.74, 6) is 6.47. The summed E-state index contributed by atoms with van der Waals surface area (Å²) >= 11 is 0. The lowest BCUT2D eigenvalue weighted by Crippen LogP contribution is -2.29. The van der Waals surface area contributed by atoms with E-state index in [1.165, 1.54) is 12.1 Å². The Morgan fingerprint density at radius 1 is 1.06 bits per heavy atom. The van der Waals surface area contributed by atoms with Crippen LogP contribution in [-0.4, -0.2) is 7.11 Å². The summed E-state index contributed by atoms with van der Waals surface area (Å²) < 4.78 is 17.9. The molecule has 0 aromatic heterocycles. The zero-order chi connectivity index (χ0) is 13.0. The molecule has 0 saturated carbocycles. The number of ether oxygens (including phenoxy) is 1. The second kappa shape index (κ2) is 5.51. The van der Waals surface area contributed by atoms with Crippen LogP contribution in [0.4, 0.5) is 10.1 Å². The van der Waals surface area contributed by atoms with E-state index in [1.807, 2.05) is 24.3 Å². The van der Waals surface area contributed by atoms with Gasteiger partial charge in [0.1, 0.15) is 11.6 Å². The SMILES string of the molecule is COc1ccc(CN(N)c2ccc(F)cc2)cc1. The Balaban J connectivity index is 2.05. The normalized spacial score (nSPS) is 10.2. The van der Waals surface area contributed by atoms with Crippen molar-refractivity contribution in [3.8, 4) is 5.75 Å². The second-order valence-corrected chi connectivity index (χ2v) is 3.95. The van der Waals surface area contributed by atoms with Crippen molar-refractivity contribution in [2.45, 2.75) is 6.54 Å². The summed E-state index contributed by atoms with van der Waals surface area (Å²) in [6.45, 7) is 0.551. The molecule has 0 amide bonds. The second-order valence-electron chi connectivity index (χ2n) is 3.95. The Hall–Kier alpha value is -2.07. The zero-order valence-corrected chi connectivity index (χ0v) is 10.1. The lowest BCUT2D eigenvalue weighted by atomic mass is 10.2. The van der Waals surface area contributed by atoms with Gasteiger partial charge in [-0.25, -0.2) is 10.2 Å². The Labute approximate surface area is 106 Å². The topological polar surface area (TPSA) is 38.5 Å². The Morgan fingerprint density at radius 2 is 1.67 bits per heavy atom. The third-order valence-corrected chi connectivity index (χ3v) is 2.67. The van der Waals surface area contributed by atoms with Crippen molar-refractivity contribution in [1.82, 2.24) is 0 Å². The molecule has 0 fully saturated rings. The number of methoxy groups -OCH3 is 1. The molecular formula is C14H15FN2O. The molecule has 0 unspecified atom stereocenters. The van der Waals surface area contributed by atoms with Crippen LogP contribution in [0.15, 0.2) is 48.5 Å². The van der Waals surface area contributed by atoms with Crippen LogP contribution in [0, 0.1) is 5.82 Å². The third-order valence-electron chi connectivity index (χ3n) is 2.67. The fraction of sp³-hybridized carbons (Fsp3) is 0.143. The molecule has 3 nitrogen and oxygen atoms in total. The number of hydrogen-bond acceptors (Lipinski definition) is 3. The van der Waals surface area contributed by atoms with Gasteiger partial charge in [0.2, 0.25) is 0 Å². The van der Waals surface area contributed by atoms with Crippen LogP contribution in [0.1, 0.15) is 5.56 Å². The van der Waals surface area contributed by atoms with E-state index in [9.17, 15) is 4.39 Å². The molecule has 2 aromatic rings. The Bertz CT molecular complexity index is 496. The predicted octanol–water partition coefficient (Wildman–Crippen LogP) is 2.71. The largest absolute Gasteiger partial charge is 0.497 e. The van der Waals surface area contributed by atoms with E-state index < -0.39 is 0 Å². The van der Waals surface area contributed by atoms with E-state index in [2.05, 4.69) is 0 Å². The van der Waals surface area contributed by atoms with Crippen LogP contribution in [0.5, 0.6) is 5.75 Å². The van der Waals surface area contributed by atoms with Crippen molar-refractivity contribution >= 4 is 5.69 Å². The summed E-state index contributed by atoms with van der Waals surface area (Å²) in [7, 11) is 1.63. The van der Waals surface area contributed by atoms with Crippen molar-refractivity contribution in [2.24, 2.45) is 5.84 Å². The number of rotatable bonds is 4. The number of benzene rings is 2. The predicted molar refractivity (Wildman–Crippen MR) is 69.8 cm³/mol. The molecule has 2 aromatic carbocycles. The average molecular weight is 246 g/mol. The number of halogens is 1. The first kappa shape index (κ1) is 12.4. The summed E-state index contributed by atoms with van der Waals surface area (Å²) in [4.78, 5) is 0. The molecule has 18 heavy (non-hydrogen) atoms. The smallest absolute Gasteiger partial charge is 0.123 e. The molecule has 0 radical (unpaired) electrons. The first-order chi connectivity index (χ1) is 8.69. The van der Waals surface area contributed by atoms with Crippen LogP contribution >= 0.6 is 0 Å². The highest BCUT2D eigenvalue weighted by Gasteiger charge is 2.03. The molecule has 94 valence electrons. The molecule has 4 heteroatoms. The van der Waals surface area contributed by atoms with Crippen LogP contribution < -0.4 is 15.6 Å². The van der Waals surface area contributed by atoms with Gasteiger partial charge in [0, 0.05) is 0 Å². The van der Waals surface area contributed by atoms with Gasteiger partial charge in [-0.05, 0) is 42.0 Å². The molecule has 2 rings (SSSR count). The number of hydrazine groups is 1. The monoisotopic (exact) mass is 246 g/mol. The molecule has 0 aliphatic carbocycles. The van der Waals surface area contributed by atoms with Gasteiger partial charge >= 0.3 is 0 Å². The summed E-state index contributed by atoms with van der Waals surface area (Å²) in [5.41, 5.74) is 1.83. The van der Waals surface area contributed by atoms with E-state index >= 15 is 0 Å². The van der Waals surface area contributed by atoms with Crippen molar-refractivity contribution in [3.05, 3.63) is 59.9 Å². The van der Waals surface area contributed by atoms with Gasteiger partial charge in [-0.3, -0.25) is 0 Å². The Morgan fingerprint density at radius 3 is 2.22 bits per heavy atom. The van der Waals surface area contributed by atoms with Crippen molar-refractivity contribution in [2.75, 3.05) is 12.1 Å². The van der Waals surface area contributed by atoms with Crippen LogP contribution in [-0.2, 0) is 6.54 Å². The van der Waals surface area contributed by atoms with Gasteiger partial charge in [0.25, 0.3) is 0 Å². The summed E-state index contributed by atoms with van der Waals surface area (Å²) in [6.07, 6.45) is 0. The molecular weight excluding hydrogens is 231 g/mol. The first-order valence-corrected chi connectivity index (χ1v) is 5.60. The maximum Gasteiger partial charge on any atom is 0.123 e. The standard InChI is InChI=1S/C14H15FN2O/c1-18-14-8-2-11(3-9-14)10-17(16)13-6-4-12(15)5-7-13/h2-9H,10,16H2,1H3. The highest BCUT2D eigenvalue weighted by Crippen LogP contribution is 2.16. The van der Waals surface area contributed by atoms with Crippen LogP contribution in [0.25, 0.3) is 0 Å². The lowest BCUT2D eigenvalue weighted by Gasteiger charge is -2.18. The van der Waals surface area contributed by atoms with Gasteiger partial charge in [-0.2, -0.15) is 0 Å². The van der Waals surface area contributed by atoms with E-state index in [0.717, 1.165) is 17.0 Å². The van der Waals surface area contributed by atoms with E-state index in [1.54, 1.807) is 24.3 Å². The van der Waals surface area contributed by atoms with Crippen LogP contribution in [0.2, 0.25) is 0 Å². The first-order valence-electron chi connectivity index (χ1n) is 5.60. The minimum atomic E-state index is -0.267. The molecule has 0 atom stereocenters. The maximum atomic E-state index is 12.8. The maximum absolute atomic E-state index is 12.8. The number of nitrogens with zero attached hydrogens (tertiary/aromatic N) is 1. The fourth-order valence-corrected chi connectivity index (χ4v) is 1.65. The molecule has 0 saturated heterocycles. The Kier molecular flexibility index (Phi) is 3.79. The van der Waals surface area contributed by atoms with E-state index in [4.69, 9.17) is 10.6 Å². The summed E-state index contributed by atoms with van der Waals surface area (Å²) in [5, 5.41) is 1.57. The van der Waals surface area contributed by atoms with E-state index in [-0.39, 0.29) is 5.82 Å². The number of nitrogens with two attached hydrogens (primary N) is 1. The van der Waals surface area contributed by atoms with Gasteiger partial charge < -0.3 is 9.75 Å². The van der Waals surface area contributed by atoms with E-state index in [0.29, 0.717) is 6.54 Å². The van der Waals surface area contributed by atoms with Gasteiger partial charge in [-0.15, -0.1) is 0 Å². The fourth-order valence-electron chi connectivity index (χ4n) is 1.65. The van der Waals surface area contributed by atoms with Crippen molar-refractivity contribution in [3.63, 3.8) is 0 Å². The minimum Gasteiger partial charge on any atom is -0.497 e. The van der Waals surface area contributed by atoms with Gasteiger partial charge in [0.05, 0.1) is 19.3 Å². The lowest BCUT2D eigenvalue weighted by molar-refractivity contribution is 0.414. The van der Waals surface area contributed by atoms with Crippen molar-refractivity contribution in [1.29, 1.82) is 0 Å². The minimum absolute atomic E-state index is 0.267. The average Bonchev–Trinajstić information content (AvgIpc) is 2.40. The molecule has 0 bridgehead atoms. The van der Waals surface area contributed by atoms with Gasteiger partial charge in [-0.1, -0.05) is 12.1 Å². The molecule has 0 aliphatic heterocycles. The molecule has 2 N–H and O–H groups in total. The van der Waals surface area contributed by atoms with Gasteiger partial charge in [0.15, 0.2) is 0 Å². The molecule has 0 aliphatic rings. The molecule has 0 spiro atoms. The number of hydrogen-bond donors (Lipinski definition) is 1.